The number of rotatable bonds is 2. The second kappa shape index (κ2) is 6.09. The monoisotopic (exact) mass is 353 g/mol. The van der Waals surface area contributed by atoms with E-state index < -0.39 is 0 Å². The predicted molar refractivity (Wildman–Crippen MR) is 109 cm³/mol. The van der Waals surface area contributed by atoms with E-state index in [0.717, 1.165) is 11.3 Å². The molecule has 1 N–H and O–H groups in total. The highest BCUT2D eigenvalue weighted by Gasteiger charge is 2.50. The molecule has 0 saturated heterocycles. The van der Waals surface area contributed by atoms with Crippen LogP contribution >= 0.6 is 0 Å². The third-order valence-electron chi connectivity index (χ3n) is 6.49. The molecule has 2 atom stereocenters. The molecule has 3 aromatic rings. The fraction of sp³-hybridized carbons (Fsp3) is 0.240. The summed E-state index contributed by atoms with van der Waals surface area (Å²) < 4.78 is 0. The summed E-state index contributed by atoms with van der Waals surface area (Å²) in [5.41, 5.74) is 7.45. The average Bonchev–Trinajstić information content (AvgIpc) is 2.69. The fourth-order valence-electron chi connectivity index (χ4n) is 5.27. The van der Waals surface area contributed by atoms with Crippen LogP contribution in [-0.4, -0.2) is 5.91 Å². The van der Waals surface area contributed by atoms with E-state index in [2.05, 4.69) is 60.8 Å². The largest absolute Gasteiger partial charge is 0.326 e. The highest BCUT2D eigenvalue weighted by Crippen LogP contribution is 2.58. The second-order valence-corrected chi connectivity index (χ2v) is 7.90. The Morgan fingerprint density at radius 3 is 1.78 bits per heavy atom. The van der Waals surface area contributed by atoms with E-state index in [1.807, 2.05) is 31.2 Å². The first-order valence-corrected chi connectivity index (χ1v) is 9.71. The maximum absolute atomic E-state index is 13.4. The van der Waals surface area contributed by atoms with Gasteiger partial charge in [0.1, 0.15) is 0 Å². The first-order chi connectivity index (χ1) is 13.2. The van der Waals surface area contributed by atoms with Crippen molar-refractivity contribution in [1.82, 2.24) is 0 Å². The van der Waals surface area contributed by atoms with Gasteiger partial charge in [0.05, 0.1) is 5.92 Å². The molecule has 0 saturated carbocycles. The van der Waals surface area contributed by atoms with Crippen LogP contribution in [0, 0.1) is 18.8 Å². The van der Waals surface area contributed by atoms with Crippen LogP contribution in [0.3, 0.4) is 0 Å². The standard InChI is InChI=1S/C25H23NO/c1-15-9-3-8-14-21(15)26-25(27)23-16(2)22-17-10-4-6-12-19(17)24(23)20-13-7-5-11-18(20)22/h3-14,16,22-24H,1-2H3,(H,26,27)/t16-,22?,23+,24?/m1/s1. The van der Waals surface area contributed by atoms with Gasteiger partial charge in [0.2, 0.25) is 5.91 Å². The highest BCUT2D eigenvalue weighted by molar-refractivity contribution is 5.95. The van der Waals surface area contributed by atoms with Gasteiger partial charge in [-0.25, -0.2) is 0 Å². The number of hydrogen-bond acceptors (Lipinski definition) is 1. The van der Waals surface area contributed by atoms with Crippen LogP contribution < -0.4 is 5.32 Å². The molecular formula is C25H23NO. The third kappa shape index (κ3) is 2.36. The Bertz CT molecular complexity index is 990. The summed E-state index contributed by atoms with van der Waals surface area (Å²) >= 11 is 0. The maximum atomic E-state index is 13.4. The van der Waals surface area contributed by atoms with Crippen molar-refractivity contribution >= 4 is 11.6 Å². The van der Waals surface area contributed by atoms with Gasteiger partial charge in [-0.1, -0.05) is 73.7 Å². The number of fused-ring (bicyclic) bond motifs is 1. The van der Waals surface area contributed by atoms with E-state index >= 15 is 0 Å². The van der Waals surface area contributed by atoms with Gasteiger partial charge in [-0.15, -0.1) is 0 Å². The molecule has 27 heavy (non-hydrogen) atoms. The Kier molecular flexibility index (Phi) is 3.68. The number of hydrogen-bond donors (Lipinski definition) is 1. The van der Waals surface area contributed by atoms with Gasteiger partial charge in [-0.05, 0) is 46.7 Å². The number of nitrogens with one attached hydrogen (secondary N) is 1. The summed E-state index contributed by atoms with van der Waals surface area (Å²) in [5.74, 6) is 0.760. The number of carbonyl (C=O) groups is 1. The third-order valence-corrected chi connectivity index (χ3v) is 6.49. The minimum absolute atomic E-state index is 0.0561. The van der Waals surface area contributed by atoms with Crippen LogP contribution in [0.1, 0.15) is 46.6 Å². The number of anilines is 1. The Hall–Kier alpha value is -2.87. The van der Waals surface area contributed by atoms with E-state index in [4.69, 9.17) is 0 Å². The van der Waals surface area contributed by atoms with Crippen LogP contribution in [0.5, 0.6) is 0 Å². The van der Waals surface area contributed by atoms with Gasteiger partial charge in [0.25, 0.3) is 0 Å². The zero-order valence-electron chi connectivity index (χ0n) is 15.6. The molecule has 0 unspecified atom stereocenters. The summed E-state index contributed by atoms with van der Waals surface area (Å²) in [5, 5.41) is 3.22. The molecule has 0 heterocycles. The van der Waals surface area contributed by atoms with E-state index in [1.165, 1.54) is 22.3 Å². The van der Waals surface area contributed by atoms with Gasteiger partial charge in [-0.2, -0.15) is 0 Å². The van der Waals surface area contributed by atoms with Gasteiger partial charge in [0.15, 0.2) is 0 Å². The van der Waals surface area contributed by atoms with E-state index in [9.17, 15) is 4.79 Å². The zero-order chi connectivity index (χ0) is 18.5. The topological polar surface area (TPSA) is 29.1 Å². The second-order valence-electron chi connectivity index (χ2n) is 7.90. The quantitative estimate of drug-likeness (QED) is 0.650. The Morgan fingerprint density at radius 1 is 0.741 bits per heavy atom. The van der Waals surface area contributed by atoms with Gasteiger partial charge in [-0.3, -0.25) is 4.79 Å². The molecule has 2 bridgehead atoms. The molecule has 1 amide bonds. The number of para-hydroxylation sites is 1. The summed E-state index contributed by atoms with van der Waals surface area (Å²) in [6.45, 7) is 4.28. The van der Waals surface area contributed by atoms with Crippen molar-refractivity contribution in [2.45, 2.75) is 25.7 Å². The first-order valence-electron chi connectivity index (χ1n) is 9.71. The van der Waals surface area contributed by atoms with E-state index in [0.29, 0.717) is 0 Å². The summed E-state index contributed by atoms with van der Waals surface area (Å²) in [7, 11) is 0. The van der Waals surface area contributed by atoms with Crippen molar-refractivity contribution in [3.05, 3.63) is 101 Å². The van der Waals surface area contributed by atoms with Crippen LogP contribution in [0.4, 0.5) is 5.69 Å². The molecule has 134 valence electrons. The molecule has 6 rings (SSSR count). The average molecular weight is 353 g/mol. The highest BCUT2D eigenvalue weighted by atomic mass is 16.1. The van der Waals surface area contributed by atoms with Crippen molar-refractivity contribution in [2.75, 3.05) is 5.32 Å². The Morgan fingerprint density at radius 2 is 1.22 bits per heavy atom. The van der Waals surface area contributed by atoms with Gasteiger partial charge < -0.3 is 5.32 Å². The van der Waals surface area contributed by atoms with Crippen molar-refractivity contribution in [3.63, 3.8) is 0 Å². The fourth-order valence-corrected chi connectivity index (χ4v) is 5.27. The molecule has 0 aromatic heterocycles. The van der Waals surface area contributed by atoms with Crippen molar-refractivity contribution < 1.29 is 4.79 Å². The summed E-state index contributed by atoms with van der Waals surface area (Å²) in [6, 6.07) is 25.4. The van der Waals surface area contributed by atoms with Gasteiger partial charge in [0, 0.05) is 17.5 Å². The van der Waals surface area contributed by atoms with E-state index in [1.54, 1.807) is 0 Å². The maximum Gasteiger partial charge on any atom is 0.228 e. The van der Waals surface area contributed by atoms with Crippen LogP contribution in [0.15, 0.2) is 72.8 Å². The molecule has 3 aliphatic rings. The number of carbonyl (C=O) groups excluding carboxylic acids is 1. The van der Waals surface area contributed by atoms with Crippen molar-refractivity contribution in [1.29, 1.82) is 0 Å². The van der Waals surface area contributed by atoms with Crippen molar-refractivity contribution in [3.8, 4) is 0 Å². The number of aryl methyl sites for hydroxylation is 1. The molecule has 2 heteroatoms. The zero-order valence-corrected chi connectivity index (χ0v) is 15.6. The van der Waals surface area contributed by atoms with E-state index in [-0.39, 0.29) is 29.6 Å². The Labute approximate surface area is 160 Å². The normalized spacial score (nSPS) is 24.8. The molecule has 0 radical (unpaired) electrons. The first kappa shape index (κ1) is 16.3. The number of amides is 1. The van der Waals surface area contributed by atoms with Crippen LogP contribution in [-0.2, 0) is 4.79 Å². The lowest BCUT2D eigenvalue weighted by molar-refractivity contribution is -0.122. The minimum Gasteiger partial charge on any atom is -0.326 e. The van der Waals surface area contributed by atoms with Crippen LogP contribution in [0.25, 0.3) is 0 Å². The summed E-state index contributed by atoms with van der Waals surface area (Å²) in [6.07, 6.45) is 0. The number of benzene rings is 3. The molecule has 3 aromatic carbocycles. The molecule has 2 nitrogen and oxygen atoms in total. The van der Waals surface area contributed by atoms with Gasteiger partial charge >= 0.3 is 0 Å². The summed E-state index contributed by atoms with van der Waals surface area (Å²) in [4.78, 5) is 13.4. The predicted octanol–water partition coefficient (Wildman–Crippen LogP) is 5.48. The molecule has 0 fully saturated rings. The molecule has 0 spiro atoms. The lowest BCUT2D eigenvalue weighted by atomic mass is 9.54. The SMILES string of the molecule is Cc1ccccc1NC(=O)[C@@H]1C2c3ccccc3C(c3ccccc32)[C@H]1C. The molecular weight excluding hydrogens is 330 g/mol. The molecule has 0 aliphatic heterocycles. The lowest BCUT2D eigenvalue weighted by Gasteiger charge is -2.49. The van der Waals surface area contributed by atoms with Crippen molar-refractivity contribution in [2.24, 2.45) is 11.8 Å². The minimum atomic E-state index is -0.0561. The molecule has 3 aliphatic carbocycles. The van der Waals surface area contributed by atoms with Crippen LogP contribution in [0.2, 0.25) is 0 Å². The lowest BCUT2D eigenvalue weighted by Crippen LogP contribution is -2.44. The smallest absolute Gasteiger partial charge is 0.228 e. The Balaban J connectivity index is 1.61.